The van der Waals surface area contributed by atoms with Crippen molar-refractivity contribution in [3.63, 3.8) is 0 Å². The van der Waals surface area contributed by atoms with Crippen LogP contribution in [0, 0.1) is 10.1 Å². The smallest absolute Gasteiger partial charge is 0.420 e. The molecule has 0 saturated heterocycles. The molecule has 1 aromatic carbocycles. The van der Waals surface area contributed by atoms with Gasteiger partial charge in [0.15, 0.2) is 0 Å². The first-order valence-electron chi connectivity index (χ1n) is 5.08. The zero-order valence-corrected chi connectivity index (χ0v) is 9.80. The van der Waals surface area contributed by atoms with Crippen molar-refractivity contribution in [1.82, 2.24) is 0 Å². The number of hydrogen-bond donors (Lipinski definition) is 0. The normalized spacial score (nSPS) is 12.3. The topological polar surface area (TPSA) is 52.4 Å². The van der Waals surface area contributed by atoms with Gasteiger partial charge in [0.25, 0.3) is 5.69 Å². The molecule has 0 bridgehead atoms. The summed E-state index contributed by atoms with van der Waals surface area (Å²) < 4.78 is 80.7. The molecule has 0 amide bonds. The summed E-state index contributed by atoms with van der Waals surface area (Å²) in [7, 11) is 0. The van der Waals surface area contributed by atoms with E-state index in [1.54, 1.807) is 0 Å². The van der Waals surface area contributed by atoms with Crippen molar-refractivity contribution in [2.24, 2.45) is 0 Å². The summed E-state index contributed by atoms with van der Waals surface area (Å²) >= 11 is 0. The van der Waals surface area contributed by atoms with Crippen molar-refractivity contribution in [3.8, 4) is 5.75 Å². The maximum atomic E-state index is 12.7. The molecular formula is C10H7F6NO3. The van der Waals surface area contributed by atoms with E-state index in [4.69, 9.17) is 0 Å². The first kappa shape index (κ1) is 16.1. The fraction of sp³-hybridized carbons (Fsp3) is 0.400. The molecule has 0 spiro atoms. The minimum Gasteiger partial charge on any atom is -0.493 e. The second-order valence-corrected chi connectivity index (χ2v) is 3.56. The van der Waals surface area contributed by atoms with Crippen LogP contribution in [0.4, 0.5) is 32.0 Å². The fourth-order valence-electron chi connectivity index (χ4n) is 1.44. The second kappa shape index (κ2) is 5.17. The zero-order chi connectivity index (χ0) is 15.7. The van der Waals surface area contributed by atoms with Crippen LogP contribution in [0.3, 0.4) is 0 Å². The number of hydrogen-bond acceptors (Lipinski definition) is 3. The number of ether oxygens (including phenoxy) is 1. The molecule has 4 nitrogen and oxygen atoms in total. The SMILES string of the molecule is CCOc1c(C(F)(F)F)cc([N+](=O)[O-])cc1C(F)(F)F. The molecule has 0 aliphatic heterocycles. The van der Waals surface area contributed by atoms with E-state index in [1.807, 2.05) is 0 Å². The van der Waals surface area contributed by atoms with E-state index < -0.39 is 46.4 Å². The van der Waals surface area contributed by atoms with Gasteiger partial charge in [-0.15, -0.1) is 0 Å². The van der Waals surface area contributed by atoms with Gasteiger partial charge in [0.2, 0.25) is 0 Å². The second-order valence-electron chi connectivity index (χ2n) is 3.56. The molecule has 0 saturated carbocycles. The largest absolute Gasteiger partial charge is 0.493 e. The van der Waals surface area contributed by atoms with Crippen LogP contribution in [-0.2, 0) is 12.4 Å². The predicted molar refractivity (Wildman–Crippen MR) is 54.3 cm³/mol. The number of rotatable bonds is 3. The Balaban J connectivity index is 3.71. The Morgan fingerprint density at radius 2 is 1.50 bits per heavy atom. The molecule has 0 aliphatic rings. The van der Waals surface area contributed by atoms with Gasteiger partial charge in [0.05, 0.1) is 11.5 Å². The van der Waals surface area contributed by atoms with Gasteiger partial charge in [0.1, 0.15) is 16.9 Å². The van der Waals surface area contributed by atoms with Gasteiger partial charge in [-0.1, -0.05) is 0 Å². The summed E-state index contributed by atoms with van der Waals surface area (Å²) in [5, 5.41) is 10.5. The van der Waals surface area contributed by atoms with Crippen LogP contribution < -0.4 is 4.74 Å². The summed E-state index contributed by atoms with van der Waals surface area (Å²) in [4.78, 5) is 9.13. The first-order chi connectivity index (χ1) is 8.98. The molecule has 0 aliphatic carbocycles. The Labute approximate surface area is 108 Å². The maximum Gasteiger partial charge on any atom is 0.420 e. The van der Waals surface area contributed by atoms with E-state index in [0.717, 1.165) is 0 Å². The highest BCUT2D eigenvalue weighted by molar-refractivity contribution is 5.52. The molecule has 112 valence electrons. The number of non-ortho nitro benzene ring substituents is 1. The number of benzene rings is 1. The van der Waals surface area contributed by atoms with Gasteiger partial charge in [-0.3, -0.25) is 10.1 Å². The zero-order valence-electron chi connectivity index (χ0n) is 9.80. The van der Waals surface area contributed by atoms with Gasteiger partial charge in [0, 0.05) is 12.1 Å². The molecule has 1 aromatic rings. The van der Waals surface area contributed by atoms with Crippen LogP contribution in [0.5, 0.6) is 5.75 Å². The van der Waals surface area contributed by atoms with E-state index in [2.05, 4.69) is 4.74 Å². The number of alkyl halides is 6. The summed E-state index contributed by atoms with van der Waals surface area (Å²) in [6.07, 6.45) is -10.4. The minimum absolute atomic E-state index is 0.0141. The third-order valence-corrected chi connectivity index (χ3v) is 2.18. The molecule has 20 heavy (non-hydrogen) atoms. The van der Waals surface area contributed by atoms with Crippen molar-refractivity contribution < 1.29 is 36.0 Å². The lowest BCUT2D eigenvalue weighted by Gasteiger charge is -2.18. The van der Waals surface area contributed by atoms with E-state index >= 15 is 0 Å². The minimum atomic E-state index is -5.21. The Morgan fingerprint density at radius 1 is 1.10 bits per heavy atom. The number of nitrogens with zero attached hydrogens (tertiary/aromatic N) is 1. The summed E-state index contributed by atoms with van der Waals surface area (Å²) in [5.41, 5.74) is -4.98. The predicted octanol–water partition coefficient (Wildman–Crippen LogP) is 4.03. The lowest BCUT2D eigenvalue weighted by Crippen LogP contribution is -2.16. The highest BCUT2D eigenvalue weighted by atomic mass is 19.4. The fourth-order valence-corrected chi connectivity index (χ4v) is 1.44. The molecule has 0 unspecified atom stereocenters. The average molecular weight is 303 g/mol. The molecular weight excluding hydrogens is 296 g/mol. The Bertz CT molecular complexity index is 488. The molecule has 0 radical (unpaired) electrons. The number of nitro groups is 1. The molecule has 0 atom stereocenters. The lowest BCUT2D eigenvalue weighted by atomic mass is 10.1. The van der Waals surface area contributed by atoms with Gasteiger partial charge in [-0.05, 0) is 6.92 Å². The Morgan fingerprint density at radius 3 is 1.75 bits per heavy atom. The van der Waals surface area contributed by atoms with Gasteiger partial charge < -0.3 is 4.74 Å². The van der Waals surface area contributed by atoms with Crippen molar-refractivity contribution >= 4 is 5.69 Å². The molecule has 0 fully saturated rings. The maximum absolute atomic E-state index is 12.7. The summed E-state index contributed by atoms with van der Waals surface area (Å²) in [6.45, 7) is 0.742. The first-order valence-corrected chi connectivity index (χ1v) is 5.08. The van der Waals surface area contributed by atoms with Crippen molar-refractivity contribution in [2.45, 2.75) is 19.3 Å². The van der Waals surface area contributed by atoms with E-state index in [1.165, 1.54) is 6.92 Å². The Kier molecular flexibility index (Phi) is 4.15. The quantitative estimate of drug-likeness (QED) is 0.481. The van der Waals surface area contributed by atoms with Crippen LogP contribution in [0.2, 0.25) is 0 Å². The van der Waals surface area contributed by atoms with E-state index in [-0.39, 0.29) is 12.1 Å². The van der Waals surface area contributed by atoms with Crippen LogP contribution >= 0.6 is 0 Å². The average Bonchev–Trinajstić information content (AvgIpc) is 2.26. The van der Waals surface area contributed by atoms with Crippen molar-refractivity contribution in [2.75, 3.05) is 6.61 Å². The highest BCUT2D eigenvalue weighted by Gasteiger charge is 2.44. The monoisotopic (exact) mass is 303 g/mol. The van der Waals surface area contributed by atoms with Crippen LogP contribution in [0.15, 0.2) is 12.1 Å². The number of nitro benzene ring substituents is 1. The summed E-state index contributed by atoms with van der Waals surface area (Å²) in [5.74, 6) is -1.46. The Hall–Kier alpha value is -2.00. The van der Waals surface area contributed by atoms with E-state index in [9.17, 15) is 36.5 Å². The molecule has 0 heterocycles. The molecule has 0 aromatic heterocycles. The number of halogens is 6. The lowest BCUT2D eigenvalue weighted by molar-refractivity contribution is -0.385. The van der Waals surface area contributed by atoms with Gasteiger partial charge >= 0.3 is 12.4 Å². The van der Waals surface area contributed by atoms with E-state index in [0.29, 0.717) is 0 Å². The standard InChI is InChI=1S/C10H7F6NO3/c1-2-20-8-6(9(11,12)13)3-5(17(18)19)4-7(8)10(14,15)16/h3-4H,2H2,1H3. The van der Waals surface area contributed by atoms with Crippen molar-refractivity contribution in [1.29, 1.82) is 0 Å². The highest BCUT2D eigenvalue weighted by Crippen LogP contribution is 2.46. The molecule has 0 N–H and O–H groups in total. The molecule has 10 heteroatoms. The summed E-state index contributed by atoms with van der Waals surface area (Å²) in [6, 6.07) is 0.0282. The molecule has 1 rings (SSSR count). The van der Waals surface area contributed by atoms with Crippen LogP contribution in [-0.4, -0.2) is 11.5 Å². The van der Waals surface area contributed by atoms with Gasteiger partial charge in [-0.25, -0.2) is 0 Å². The van der Waals surface area contributed by atoms with Gasteiger partial charge in [-0.2, -0.15) is 26.3 Å². The van der Waals surface area contributed by atoms with Crippen LogP contribution in [0.1, 0.15) is 18.1 Å². The third-order valence-electron chi connectivity index (χ3n) is 2.18. The third kappa shape index (κ3) is 3.31. The van der Waals surface area contributed by atoms with Crippen LogP contribution in [0.25, 0.3) is 0 Å². The van der Waals surface area contributed by atoms with Crippen molar-refractivity contribution in [3.05, 3.63) is 33.4 Å².